The molecule has 0 saturated carbocycles. The van der Waals surface area contributed by atoms with Crippen LogP contribution in [0.2, 0.25) is 0 Å². The Kier molecular flexibility index (Phi) is 7.68. The third kappa shape index (κ3) is 5.64. The summed E-state index contributed by atoms with van der Waals surface area (Å²) in [6, 6.07) is 11.9. The number of carbonyl (C=O) groups is 2. The molecule has 2 amide bonds. The zero-order valence-electron chi connectivity index (χ0n) is 16.6. The first-order valence-corrected chi connectivity index (χ1v) is 9.13. The van der Waals surface area contributed by atoms with Crippen LogP contribution in [-0.4, -0.2) is 32.1 Å². The van der Waals surface area contributed by atoms with E-state index in [9.17, 15) is 9.59 Å². The van der Waals surface area contributed by atoms with Crippen molar-refractivity contribution >= 4 is 17.5 Å². The number of benzene rings is 2. The highest BCUT2D eigenvalue weighted by molar-refractivity contribution is 6.39. The van der Waals surface area contributed by atoms with Crippen molar-refractivity contribution in [1.82, 2.24) is 5.32 Å². The lowest BCUT2D eigenvalue weighted by Gasteiger charge is -2.15. The molecule has 2 N–H and O–H groups in total. The lowest BCUT2D eigenvalue weighted by Crippen LogP contribution is -2.36. The smallest absolute Gasteiger partial charge is 0.313 e. The molecule has 0 saturated heterocycles. The second kappa shape index (κ2) is 10.2. The first-order chi connectivity index (χ1) is 13.5. The monoisotopic (exact) mass is 386 g/mol. The fourth-order valence-corrected chi connectivity index (χ4v) is 2.55. The summed E-state index contributed by atoms with van der Waals surface area (Å²) in [4.78, 5) is 24.5. The summed E-state index contributed by atoms with van der Waals surface area (Å²) in [7, 11) is 1.59. The standard InChI is InChI=1S/C21H26N2O5/c1-5-27-18-12-9-16(13-19(18)28-6-2)23-21(25)20(24)22-14(3)15-7-10-17(26-4)11-8-15/h7-14H,5-6H2,1-4H3,(H,22,24)(H,23,25). The summed E-state index contributed by atoms with van der Waals surface area (Å²) in [6.45, 7) is 6.49. The summed E-state index contributed by atoms with van der Waals surface area (Å²) >= 11 is 0. The number of anilines is 1. The van der Waals surface area contributed by atoms with Gasteiger partial charge in [-0.25, -0.2) is 0 Å². The van der Waals surface area contributed by atoms with E-state index in [2.05, 4.69) is 10.6 Å². The topological polar surface area (TPSA) is 85.9 Å². The molecule has 0 aromatic heterocycles. The highest BCUT2D eigenvalue weighted by Crippen LogP contribution is 2.30. The van der Waals surface area contributed by atoms with E-state index in [1.807, 2.05) is 26.0 Å². The maximum Gasteiger partial charge on any atom is 0.313 e. The van der Waals surface area contributed by atoms with Crippen LogP contribution in [-0.2, 0) is 9.59 Å². The van der Waals surface area contributed by atoms with E-state index in [0.29, 0.717) is 30.4 Å². The number of rotatable bonds is 8. The maximum absolute atomic E-state index is 12.2. The fourth-order valence-electron chi connectivity index (χ4n) is 2.55. The molecule has 150 valence electrons. The first-order valence-electron chi connectivity index (χ1n) is 9.13. The van der Waals surface area contributed by atoms with Crippen LogP contribution in [0.5, 0.6) is 17.2 Å². The molecule has 0 heterocycles. The normalized spacial score (nSPS) is 11.3. The van der Waals surface area contributed by atoms with Crippen LogP contribution in [0.15, 0.2) is 42.5 Å². The third-order valence-corrected chi connectivity index (χ3v) is 3.97. The van der Waals surface area contributed by atoms with Crippen molar-refractivity contribution in [2.24, 2.45) is 0 Å². The Morgan fingerprint density at radius 3 is 2.18 bits per heavy atom. The Labute approximate surface area is 165 Å². The molecule has 1 unspecified atom stereocenters. The SMILES string of the molecule is CCOc1ccc(NC(=O)C(=O)NC(C)c2ccc(OC)cc2)cc1OCC. The summed E-state index contributed by atoms with van der Waals surface area (Å²) in [5.41, 5.74) is 1.31. The fraction of sp³-hybridized carbons (Fsp3) is 0.333. The Balaban J connectivity index is 2.00. The molecule has 7 heteroatoms. The largest absolute Gasteiger partial charge is 0.497 e. The number of nitrogens with one attached hydrogen (secondary N) is 2. The van der Waals surface area contributed by atoms with Gasteiger partial charge in [0.2, 0.25) is 0 Å². The van der Waals surface area contributed by atoms with Gasteiger partial charge in [0.25, 0.3) is 0 Å². The molecule has 0 bridgehead atoms. The minimum Gasteiger partial charge on any atom is -0.497 e. The Morgan fingerprint density at radius 2 is 1.57 bits per heavy atom. The van der Waals surface area contributed by atoms with Crippen LogP contribution in [0, 0.1) is 0 Å². The minimum absolute atomic E-state index is 0.330. The third-order valence-electron chi connectivity index (χ3n) is 3.97. The van der Waals surface area contributed by atoms with E-state index in [1.54, 1.807) is 44.4 Å². The van der Waals surface area contributed by atoms with Crippen molar-refractivity contribution in [2.75, 3.05) is 25.6 Å². The summed E-state index contributed by atoms with van der Waals surface area (Å²) in [6.07, 6.45) is 0. The molecule has 0 aliphatic rings. The van der Waals surface area contributed by atoms with Gasteiger partial charge in [0, 0.05) is 11.8 Å². The molecule has 2 aromatic carbocycles. The van der Waals surface area contributed by atoms with Gasteiger partial charge in [0.15, 0.2) is 11.5 Å². The minimum atomic E-state index is -0.757. The number of hydrogen-bond donors (Lipinski definition) is 2. The van der Waals surface area contributed by atoms with Gasteiger partial charge >= 0.3 is 11.8 Å². The Bertz CT molecular complexity index is 805. The molecular formula is C21H26N2O5. The number of carbonyl (C=O) groups excluding carboxylic acids is 2. The Morgan fingerprint density at radius 1 is 0.929 bits per heavy atom. The molecule has 0 aliphatic carbocycles. The van der Waals surface area contributed by atoms with Gasteiger partial charge in [-0.15, -0.1) is 0 Å². The van der Waals surface area contributed by atoms with Crippen molar-refractivity contribution in [3.8, 4) is 17.2 Å². The molecule has 0 spiro atoms. The van der Waals surface area contributed by atoms with Gasteiger partial charge in [-0.05, 0) is 50.6 Å². The van der Waals surface area contributed by atoms with E-state index < -0.39 is 11.8 Å². The number of ether oxygens (including phenoxy) is 3. The molecule has 0 radical (unpaired) electrons. The van der Waals surface area contributed by atoms with Crippen molar-refractivity contribution in [3.05, 3.63) is 48.0 Å². The molecule has 7 nitrogen and oxygen atoms in total. The summed E-state index contributed by atoms with van der Waals surface area (Å²) < 4.78 is 16.1. The van der Waals surface area contributed by atoms with Gasteiger partial charge < -0.3 is 24.8 Å². The van der Waals surface area contributed by atoms with Crippen molar-refractivity contribution in [3.63, 3.8) is 0 Å². The van der Waals surface area contributed by atoms with E-state index in [1.165, 1.54) is 0 Å². The molecule has 0 fully saturated rings. The second-order valence-electron chi connectivity index (χ2n) is 5.95. The first kappa shape index (κ1) is 21.1. The van der Waals surface area contributed by atoms with Gasteiger partial charge in [0.05, 0.1) is 26.4 Å². The lowest BCUT2D eigenvalue weighted by atomic mass is 10.1. The van der Waals surface area contributed by atoms with E-state index in [4.69, 9.17) is 14.2 Å². The molecule has 2 aromatic rings. The predicted octanol–water partition coefficient (Wildman–Crippen LogP) is 3.31. The van der Waals surface area contributed by atoms with Crippen LogP contribution in [0.1, 0.15) is 32.4 Å². The molecular weight excluding hydrogens is 360 g/mol. The number of amides is 2. The van der Waals surface area contributed by atoms with Crippen LogP contribution >= 0.6 is 0 Å². The quantitative estimate of drug-likeness (QED) is 0.680. The number of hydrogen-bond acceptors (Lipinski definition) is 5. The van der Waals surface area contributed by atoms with E-state index >= 15 is 0 Å². The van der Waals surface area contributed by atoms with E-state index in [0.717, 1.165) is 11.3 Å². The van der Waals surface area contributed by atoms with Crippen molar-refractivity contribution < 1.29 is 23.8 Å². The van der Waals surface area contributed by atoms with E-state index in [-0.39, 0.29) is 6.04 Å². The van der Waals surface area contributed by atoms with Crippen molar-refractivity contribution in [1.29, 1.82) is 0 Å². The molecule has 1 atom stereocenters. The Hall–Kier alpha value is -3.22. The zero-order valence-corrected chi connectivity index (χ0v) is 16.6. The van der Waals surface area contributed by atoms with Crippen molar-refractivity contribution in [2.45, 2.75) is 26.8 Å². The van der Waals surface area contributed by atoms with Gasteiger partial charge in [-0.1, -0.05) is 12.1 Å². The molecule has 2 rings (SSSR count). The molecule has 28 heavy (non-hydrogen) atoms. The highest BCUT2D eigenvalue weighted by Gasteiger charge is 2.18. The van der Waals surface area contributed by atoms with Gasteiger partial charge in [-0.2, -0.15) is 0 Å². The average Bonchev–Trinajstić information content (AvgIpc) is 2.70. The summed E-state index contributed by atoms with van der Waals surface area (Å²) in [5, 5.41) is 5.26. The predicted molar refractivity (Wildman–Crippen MR) is 107 cm³/mol. The van der Waals surface area contributed by atoms with Gasteiger partial charge in [0.1, 0.15) is 5.75 Å². The van der Waals surface area contributed by atoms with Crippen LogP contribution in [0.3, 0.4) is 0 Å². The number of methoxy groups -OCH3 is 1. The van der Waals surface area contributed by atoms with Gasteiger partial charge in [-0.3, -0.25) is 9.59 Å². The van der Waals surface area contributed by atoms with Crippen LogP contribution in [0.4, 0.5) is 5.69 Å². The zero-order chi connectivity index (χ0) is 20.5. The van der Waals surface area contributed by atoms with Crippen LogP contribution in [0.25, 0.3) is 0 Å². The second-order valence-corrected chi connectivity index (χ2v) is 5.95. The van der Waals surface area contributed by atoms with Crippen LogP contribution < -0.4 is 24.8 Å². The average molecular weight is 386 g/mol. The highest BCUT2D eigenvalue weighted by atomic mass is 16.5. The molecule has 0 aliphatic heterocycles. The lowest BCUT2D eigenvalue weighted by molar-refractivity contribution is -0.136. The maximum atomic E-state index is 12.2. The summed E-state index contributed by atoms with van der Waals surface area (Å²) in [5.74, 6) is 0.330.